The first kappa shape index (κ1) is 24.2. The SMILES string of the molecule is Nc1nc2cc(-c3cnn(C(c4ccccc4)C4CCOCC4)c3)cc(-c3cnn(CC(F)(F)F)c3)n2n1. The number of ether oxygens (including phenoxy) is 1. The van der Waals surface area contributed by atoms with E-state index >= 15 is 0 Å². The summed E-state index contributed by atoms with van der Waals surface area (Å²) in [6, 6.07) is 14.0. The first-order valence-corrected chi connectivity index (χ1v) is 12.3. The first-order valence-electron chi connectivity index (χ1n) is 12.3. The van der Waals surface area contributed by atoms with Crippen molar-refractivity contribution in [3.63, 3.8) is 0 Å². The maximum atomic E-state index is 12.9. The van der Waals surface area contributed by atoms with Gasteiger partial charge >= 0.3 is 6.18 Å². The number of hydrogen-bond acceptors (Lipinski definition) is 6. The number of nitrogens with two attached hydrogens (primary N) is 1. The Hall–Kier alpha value is -4.19. The fourth-order valence-corrected chi connectivity index (χ4v) is 5.10. The second-order valence-corrected chi connectivity index (χ2v) is 9.43. The summed E-state index contributed by atoms with van der Waals surface area (Å²) >= 11 is 0. The van der Waals surface area contributed by atoms with Crippen LogP contribution < -0.4 is 5.73 Å². The Balaban J connectivity index is 1.40. The van der Waals surface area contributed by atoms with Gasteiger partial charge < -0.3 is 10.5 Å². The van der Waals surface area contributed by atoms with E-state index in [9.17, 15) is 13.2 Å². The number of hydrogen-bond donors (Lipinski definition) is 1. The molecule has 1 aliphatic rings. The molecule has 0 amide bonds. The molecule has 0 aliphatic carbocycles. The van der Waals surface area contributed by atoms with E-state index in [1.54, 1.807) is 6.20 Å². The van der Waals surface area contributed by atoms with Crippen molar-refractivity contribution in [2.45, 2.75) is 31.6 Å². The minimum Gasteiger partial charge on any atom is -0.381 e. The molecule has 9 nitrogen and oxygen atoms in total. The lowest BCUT2D eigenvalue weighted by atomic mass is 9.87. The van der Waals surface area contributed by atoms with Crippen LogP contribution in [-0.4, -0.2) is 53.5 Å². The minimum absolute atomic E-state index is 0.0430. The Morgan fingerprint density at radius 2 is 1.74 bits per heavy atom. The van der Waals surface area contributed by atoms with Crippen LogP contribution in [0.15, 0.2) is 67.3 Å². The third-order valence-electron chi connectivity index (χ3n) is 6.80. The molecule has 1 saturated heterocycles. The molecule has 1 fully saturated rings. The summed E-state index contributed by atoms with van der Waals surface area (Å²) in [5.74, 6) is 0.429. The fraction of sp³-hybridized carbons (Fsp3) is 0.308. The van der Waals surface area contributed by atoms with E-state index in [0.717, 1.165) is 41.9 Å². The van der Waals surface area contributed by atoms with Crippen LogP contribution in [-0.2, 0) is 11.3 Å². The van der Waals surface area contributed by atoms with Crippen molar-refractivity contribution in [3.05, 3.63) is 72.8 Å². The van der Waals surface area contributed by atoms with E-state index in [-0.39, 0.29) is 12.0 Å². The van der Waals surface area contributed by atoms with Gasteiger partial charge in [0.15, 0.2) is 5.65 Å². The molecule has 1 aliphatic heterocycles. The van der Waals surface area contributed by atoms with Gasteiger partial charge in [0.05, 0.1) is 24.1 Å². The molecule has 5 heterocycles. The summed E-state index contributed by atoms with van der Waals surface area (Å²) in [6.45, 7) is 0.256. The number of fused-ring (bicyclic) bond motifs is 1. The van der Waals surface area contributed by atoms with E-state index in [1.165, 1.54) is 22.5 Å². The van der Waals surface area contributed by atoms with Gasteiger partial charge in [-0.2, -0.15) is 28.4 Å². The predicted molar refractivity (Wildman–Crippen MR) is 134 cm³/mol. The molecule has 2 N–H and O–H groups in total. The van der Waals surface area contributed by atoms with Crippen molar-refractivity contribution in [1.29, 1.82) is 0 Å². The number of anilines is 1. The maximum absolute atomic E-state index is 12.9. The highest BCUT2D eigenvalue weighted by Gasteiger charge is 2.29. The molecule has 0 saturated carbocycles. The summed E-state index contributed by atoms with van der Waals surface area (Å²) < 4.78 is 48.6. The van der Waals surface area contributed by atoms with Crippen LogP contribution >= 0.6 is 0 Å². The fourth-order valence-electron chi connectivity index (χ4n) is 5.10. The highest BCUT2D eigenvalue weighted by Crippen LogP contribution is 2.35. The molecule has 4 aromatic heterocycles. The maximum Gasteiger partial charge on any atom is 0.408 e. The van der Waals surface area contributed by atoms with Crippen LogP contribution in [0.5, 0.6) is 0 Å². The van der Waals surface area contributed by atoms with Crippen molar-refractivity contribution in [2.24, 2.45) is 5.92 Å². The lowest BCUT2D eigenvalue weighted by molar-refractivity contribution is -0.142. The molecule has 12 heteroatoms. The van der Waals surface area contributed by atoms with Crippen molar-refractivity contribution in [3.8, 4) is 22.4 Å². The van der Waals surface area contributed by atoms with Gasteiger partial charge in [-0.15, -0.1) is 5.10 Å². The van der Waals surface area contributed by atoms with Crippen LogP contribution in [0.1, 0.15) is 24.4 Å². The van der Waals surface area contributed by atoms with Gasteiger partial charge in [-0.3, -0.25) is 9.36 Å². The third kappa shape index (κ3) is 4.86. The summed E-state index contributed by atoms with van der Waals surface area (Å²) in [5.41, 5.74) is 10.1. The highest BCUT2D eigenvalue weighted by molar-refractivity contribution is 5.74. The number of nitrogen functional groups attached to an aromatic ring is 1. The highest BCUT2D eigenvalue weighted by atomic mass is 19.4. The van der Waals surface area contributed by atoms with Gasteiger partial charge in [-0.25, -0.2) is 4.52 Å². The zero-order chi connectivity index (χ0) is 26.3. The second kappa shape index (κ2) is 9.60. The summed E-state index contributed by atoms with van der Waals surface area (Å²) in [5, 5.41) is 12.9. The molecule has 1 unspecified atom stereocenters. The number of alkyl halides is 3. The molecule has 5 aromatic rings. The van der Waals surface area contributed by atoms with Gasteiger partial charge in [0, 0.05) is 36.7 Å². The Bertz CT molecular complexity index is 1550. The topological polar surface area (TPSA) is 101 Å². The number of aromatic nitrogens is 7. The summed E-state index contributed by atoms with van der Waals surface area (Å²) in [7, 11) is 0. The van der Waals surface area contributed by atoms with E-state index in [2.05, 4.69) is 27.3 Å². The zero-order valence-electron chi connectivity index (χ0n) is 20.3. The molecular formula is C26H25F3N8O. The third-order valence-corrected chi connectivity index (χ3v) is 6.80. The monoisotopic (exact) mass is 522 g/mol. The predicted octanol–water partition coefficient (Wildman–Crippen LogP) is 4.62. The molecule has 196 valence electrons. The molecule has 1 atom stereocenters. The van der Waals surface area contributed by atoms with E-state index in [4.69, 9.17) is 15.6 Å². The molecule has 0 radical (unpaired) electrons. The van der Waals surface area contributed by atoms with E-state index in [0.29, 0.717) is 22.8 Å². The van der Waals surface area contributed by atoms with Crippen LogP contribution in [0.3, 0.4) is 0 Å². The number of pyridine rings is 1. The Labute approximate surface area is 215 Å². The molecular weight excluding hydrogens is 497 g/mol. The normalized spacial score (nSPS) is 15.8. The van der Waals surface area contributed by atoms with Gasteiger partial charge in [0.2, 0.25) is 5.95 Å². The smallest absolute Gasteiger partial charge is 0.381 e. The minimum atomic E-state index is -4.38. The quantitative estimate of drug-likeness (QED) is 0.349. The number of nitrogens with zero attached hydrogens (tertiary/aromatic N) is 7. The standard InChI is InChI=1S/C26H25F3N8O/c27-26(28,29)16-35-14-21(13-31-35)22-10-19(11-23-33-25(30)34-37(22)23)20-12-32-36(15-20)24(17-4-2-1-3-5-17)18-6-8-38-9-7-18/h1-5,10-15,18,24H,6-9,16H2,(H2,30,34). The Morgan fingerprint density at radius 3 is 2.50 bits per heavy atom. The average molecular weight is 523 g/mol. The van der Waals surface area contributed by atoms with Crippen LogP contribution in [0.25, 0.3) is 28.0 Å². The molecule has 0 spiro atoms. The number of rotatable bonds is 6. The van der Waals surface area contributed by atoms with Crippen molar-refractivity contribution < 1.29 is 17.9 Å². The molecule has 1 aromatic carbocycles. The van der Waals surface area contributed by atoms with Gasteiger partial charge in [0.25, 0.3) is 0 Å². The van der Waals surface area contributed by atoms with Crippen molar-refractivity contribution >= 4 is 11.6 Å². The second-order valence-electron chi connectivity index (χ2n) is 9.43. The van der Waals surface area contributed by atoms with Gasteiger partial charge in [-0.05, 0) is 42.0 Å². The summed E-state index contributed by atoms with van der Waals surface area (Å²) in [4.78, 5) is 4.30. The zero-order valence-corrected chi connectivity index (χ0v) is 20.3. The molecule has 0 bridgehead atoms. The molecule has 38 heavy (non-hydrogen) atoms. The average Bonchev–Trinajstić information content (AvgIpc) is 3.64. The van der Waals surface area contributed by atoms with E-state index in [1.807, 2.05) is 41.2 Å². The lowest BCUT2D eigenvalue weighted by Gasteiger charge is -2.31. The molecule has 6 rings (SSSR count). The Kier molecular flexibility index (Phi) is 6.10. The first-order chi connectivity index (χ1) is 18.3. The number of halogens is 3. The lowest BCUT2D eigenvalue weighted by Crippen LogP contribution is -2.27. The van der Waals surface area contributed by atoms with Gasteiger partial charge in [-0.1, -0.05) is 30.3 Å². The van der Waals surface area contributed by atoms with Gasteiger partial charge in [0.1, 0.15) is 6.54 Å². The van der Waals surface area contributed by atoms with Crippen molar-refractivity contribution in [1.82, 2.24) is 34.2 Å². The van der Waals surface area contributed by atoms with Crippen LogP contribution in [0, 0.1) is 5.92 Å². The summed E-state index contributed by atoms with van der Waals surface area (Å²) in [6.07, 6.45) is 3.99. The van der Waals surface area contributed by atoms with Crippen LogP contribution in [0.2, 0.25) is 0 Å². The Morgan fingerprint density at radius 1 is 0.974 bits per heavy atom. The van der Waals surface area contributed by atoms with Crippen LogP contribution in [0.4, 0.5) is 19.1 Å². The van der Waals surface area contributed by atoms with E-state index < -0.39 is 12.7 Å². The number of benzene rings is 1. The largest absolute Gasteiger partial charge is 0.408 e. The van der Waals surface area contributed by atoms with Crippen molar-refractivity contribution in [2.75, 3.05) is 18.9 Å².